The Balaban J connectivity index is 1.06. The molecule has 0 fully saturated rings. The Morgan fingerprint density at radius 3 is 1.39 bits per heavy atom. The van der Waals surface area contributed by atoms with Gasteiger partial charge in [-0.15, -0.1) is 0 Å². The molecular formula is C55H37N. The molecular weight excluding hydrogens is 675 g/mol. The van der Waals surface area contributed by atoms with E-state index < -0.39 is 0 Å². The summed E-state index contributed by atoms with van der Waals surface area (Å²) in [6.45, 7) is 0. The van der Waals surface area contributed by atoms with Crippen molar-refractivity contribution >= 4 is 21.7 Å². The van der Waals surface area contributed by atoms with Crippen molar-refractivity contribution in [3.63, 3.8) is 0 Å². The molecule has 4 aliphatic carbocycles. The van der Waals surface area contributed by atoms with Crippen molar-refractivity contribution in [2.75, 3.05) is 0 Å². The number of rotatable bonds is 2. The van der Waals surface area contributed by atoms with Gasteiger partial charge in [0.25, 0.3) is 0 Å². The number of fused-ring (bicyclic) bond motifs is 16. The largest absolute Gasteiger partial charge is 0.256 e. The Bertz CT molecular complexity index is 2900. The molecule has 1 heterocycles. The fourth-order valence-corrected chi connectivity index (χ4v) is 12.0. The zero-order chi connectivity index (χ0) is 36.6. The first-order chi connectivity index (χ1) is 27.8. The van der Waals surface area contributed by atoms with Crippen LogP contribution in [-0.2, 0) is 23.7 Å². The highest BCUT2D eigenvalue weighted by Crippen LogP contribution is 2.61. The fraction of sp³-hybridized carbons (Fsp3) is 0.109. The minimum Gasteiger partial charge on any atom is -0.256 e. The third-order valence-electron chi connectivity index (χ3n) is 14.2. The summed E-state index contributed by atoms with van der Waals surface area (Å²) in [6.07, 6.45) is 6.35. The minimum absolute atomic E-state index is 0.140. The third-order valence-corrected chi connectivity index (χ3v) is 14.2. The molecule has 0 saturated heterocycles. The first-order valence-corrected chi connectivity index (χ1v) is 20.2. The SMILES string of the molecule is c1ccc2c(c1)CCC21c2ccccc2-c2ccc(-c3c4ccccc4c(-c4ccc5c(c4)C4(CCc6ccccc64)c4ccccc4-5)c4ncccc34)cc21. The van der Waals surface area contributed by atoms with E-state index in [4.69, 9.17) is 4.98 Å². The second kappa shape index (κ2) is 11.0. The number of aryl methyl sites for hydroxylation is 2. The molecule has 0 amide bonds. The molecule has 2 spiro atoms. The van der Waals surface area contributed by atoms with Crippen molar-refractivity contribution in [2.45, 2.75) is 36.5 Å². The standard InChI is InChI=1S/C55H37N/c1-7-19-45-34(12-1)27-29-54(45)47-21-9-5-14-38(47)40-25-23-36(32-49(40)54)51-42-16-3-4-17-43(42)52(53-44(51)18-11-31-56-53)37-24-26-41-39-15-6-10-22-48(39)55(50(41)33-37)30-28-35-13-2-8-20-46(35)55/h1-26,31-33H,27-30H2. The molecule has 0 saturated carbocycles. The number of nitrogens with zero attached hydrogens (tertiary/aromatic N) is 1. The van der Waals surface area contributed by atoms with E-state index in [1.54, 1.807) is 0 Å². The Morgan fingerprint density at radius 1 is 0.357 bits per heavy atom. The molecule has 0 radical (unpaired) electrons. The van der Waals surface area contributed by atoms with Gasteiger partial charge in [-0.2, -0.15) is 0 Å². The van der Waals surface area contributed by atoms with Crippen molar-refractivity contribution in [3.8, 4) is 44.5 Å². The van der Waals surface area contributed by atoms with Crippen molar-refractivity contribution in [2.24, 2.45) is 0 Å². The molecule has 56 heavy (non-hydrogen) atoms. The molecule has 1 nitrogen and oxygen atoms in total. The number of hydrogen-bond acceptors (Lipinski definition) is 1. The Hall–Kier alpha value is -6.57. The van der Waals surface area contributed by atoms with Gasteiger partial charge in [-0.3, -0.25) is 4.98 Å². The van der Waals surface area contributed by atoms with Crippen LogP contribution in [0.15, 0.2) is 176 Å². The highest BCUT2D eigenvalue weighted by molar-refractivity contribution is 6.20. The lowest BCUT2D eigenvalue weighted by Gasteiger charge is -2.29. The van der Waals surface area contributed by atoms with Crippen LogP contribution < -0.4 is 0 Å². The van der Waals surface area contributed by atoms with Crippen molar-refractivity contribution in [3.05, 3.63) is 221 Å². The quantitative estimate of drug-likeness (QED) is 0.163. The van der Waals surface area contributed by atoms with E-state index in [0.29, 0.717) is 0 Å². The van der Waals surface area contributed by atoms with Crippen LogP contribution in [-0.4, -0.2) is 4.98 Å². The van der Waals surface area contributed by atoms with Gasteiger partial charge in [-0.1, -0.05) is 152 Å². The summed E-state index contributed by atoms with van der Waals surface area (Å²) in [6, 6.07) is 64.6. The van der Waals surface area contributed by atoms with Crippen LogP contribution >= 0.6 is 0 Å². The summed E-state index contributed by atoms with van der Waals surface area (Å²) in [7, 11) is 0. The van der Waals surface area contributed by atoms with Crippen LogP contribution in [0.3, 0.4) is 0 Å². The maximum Gasteiger partial charge on any atom is 0.0792 e. The number of benzene rings is 8. The molecule has 0 aliphatic heterocycles. The first kappa shape index (κ1) is 30.7. The molecule has 4 aliphatic rings. The van der Waals surface area contributed by atoms with Crippen LogP contribution in [0.25, 0.3) is 66.2 Å². The third kappa shape index (κ3) is 3.74. The molecule has 1 aromatic heterocycles. The summed E-state index contributed by atoms with van der Waals surface area (Å²) in [4.78, 5) is 5.26. The van der Waals surface area contributed by atoms with Gasteiger partial charge >= 0.3 is 0 Å². The van der Waals surface area contributed by atoms with Crippen LogP contribution in [0.4, 0.5) is 0 Å². The van der Waals surface area contributed by atoms with Gasteiger partial charge in [0, 0.05) is 28.0 Å². The van der Waals surface area contributed by atoms with E-state index in [1.165, 1.54) is 105 Å². The predicted molar refractivity (Wildman–Crippen MR) is 230 cm³/mol. The van der Waals surface area contributed by atoms with E-state index in [2.05, 4.69) is 170 Å². The molecule has 9 aromatic rings. The molecule has 2 unspecified atom stereocenters. The lowest BCUT2D eigenvalue weighted by Crippen LogP contribution is -2.23. The number of pyridine rings is 1. The van der Waals surface area contributed by atoms with Crippen LogP contribution in [0.1, 0.15) is 57.3 Å². The van der Waals surface area contributed by atoms with Gasteiger partial charge in [0.15, 0.2) is 0 Å². The summed E-state index contributed by atoms with van der Waals surface area (Å²) >= 11 is 0. The zero-order valence-corrected chi connectivity index (χ0v) is 31.0. The van der Waals surface area contributed by atoms with Crippen LogP contribution in [0, 0.1) is 0 Å². The second-order valence-corrected chi connectivity index (χ2v) is 16.4. The lowest BCUT2D eigenvalue weighted by atomic mass is 9.72. The topological polar surface area (TPSA) is 12.9 Å². The molecule has 2 atom stereocenters. The van der Waals surface area contributed by atoms with Crippen molar-refractivity contribution in [1.29, 1.82) is 0 Å². The van der Waals surface area contributed by atoms with Gasteiger partial charge in [-0.05, 0) is 138 Å². The maximum atomic E-state index is 5.26. The Labute approximate surface area is 327 Å². The van der Waals surface area contributed by atoms with Gasteiger partial charge in [0.05, 0.1) is 5.52 Å². The smallest absolute Gasteiger partial charge is 0.0792 e. The fourth-order valence-electron chi connectivity index (χ4n) is 12.0. The zero-order valence-electron chi connectivity index (χ0n) is 31.0. The van der Waals surface area contributed by atoms with Crippen LogP contribution in [0.2, 0.25) is 0 Å². The van der Waals surface area contributed by atoms with Crippen molar-refractivity contribution in [1.82, 2.24) is 4.98 Å². The minimum atomic E-state index is -0.145. The van der Waals surface area contributed by atoms with Gasteiger partial charge < -0.3 is 0 Å². The molecule has 8 aromatic carbocycles. The van der Waals surface area contributed by atoms with Crippen molar-refractivity contribution < 1.29 is 0 Å². The molecule has 0 N–H and O–H groups in total. The van der Waals surface area contributed by atoms with E-state index >= 15 is 0 Å². The average Bonchev–Trinajstić information content (AvgIpc) is 4.00. The predicted octanol–water partition coefficient (Wildman–Crippen LogP) is 13.2. The van der Waals surface area contributed by atoms with Gasteiger partial charge in [0.2, 0.25) is 0 Å². The molecule has 1 heteroatoms. The van der Waals surface area contributed by atoms with E-state index in [1.807, 2.05) is 6.20 Å². The molecule has 262 valence electrons. The summed E-state index contributed by atoms with van der Waals surface area (Å²) < 4.78 is 0. The first-order valence-electron chi connectivity index (χ1n) is 20.2. The number of aromatic nitrogens is 1. The average molecular weight is 712 g/mol. The number of hydrogen-bond donors (Lipinski definition) is 0. The Kier molecular flexibility index (Phi) is 6.05. The highest BCUT2D eigenvalue weighted by atomic mass is 14.7. The van der Waals surface area contributed by atoms with Gasteiger partial charge in [0.1, 0.15) is 0 Å². The Morgan fingerprint density at radius 2 is 0.804 bits per heavy atom. The van der Waals surface area contributed by atoms with E-state index in [-0.39, 0.29) is 10.8 Å². The van der Waals surface area contributed by atoms with Gasteiger partial charge in [-0.25, -0.2) is 0 Å². The summed E-state index contributed by atoms with van der Waals surface area (Å²) in [5.41, 5.74) is 22.9. The summed E-state index contributed by atoms with van der Waals surface area (Å²) in [5, 5.41) is 3.71. The lowest BCUT2D eigenvalue weighted by molar-refractivity contribution is 0.626. The van der Waals surface area contributed by atoms with E-state index in [9.17, 15) is 0 Å². The molecule has 13 rings (SSSR count). The normalized spacial score (nSPS) is 19.3. The molecule has 0 bridgehead atoms. The summed E-state index contributed by atoms with van der Waals surface area (Å²) in [5.74, 6) is 0. The highest BCUT2D eigenvalue weighted by Gasteiger charge is 2.49. The second-order valence-electron chi connectivity index (χ2n) is 16.4. The monoisotopic (exact) mass is 711 g/mol. The van der Waals surface area contributed by atoms with Crippen LogP contribution in [0.5, 0.6) is 0 Å². The van der Waals surface area contributed by atoms with E-state index in [0.717, 1.165) is 31.2 Å². The maximum absolute atomic E-state index is 5.26.